The van der Waals surface area contributed by atoms with Crippen molar-refractivity contribution in [1.82, 2.24) is 0 Å². The zero-order valence-electron chi connectivity index (χ0n) is 14.5. The third-order valence-corrected chi connectivity index (χ3v) is 13.3. The van der Waals surface area contributed by atoms with E-state index in [9.17, 15) is 4.79 Å². The van der Waals surface area contributed by atoms with Crippen LogP contribution in [0, 0.1) is 0 Å². The van der Waals surface area contributed by atoms with Gasteiger partial charge in [0.05, 0.1) is 8.07 Å². The summed E-state index contributed by atoms with van der Waals surface area (Å²) in [4.78, 5) is 11.1. The van der Waals surface area contributed by atoms with E-state index in [1.165, 1.54) is 19.3 Å². The van der Waals surface area contributed by atoms with Gasteiger partial charge in [-0.1, -0.05) is 66.9 Å². The monoisotopic (exact) mass is 298 g/mol. The Kier molecular flexibility index (Phi) is 8.41. The van der Waals surface area contributed by atoms with E-state index in [1.807, 2.05) is 6.08 Å². The fraction of sp³-hybridized carbons (Fsp3) is 0.824. The van der Waals surface area contributed by atoms with Crippen molar-refractivity contribution in [2.24, 2.45) is 0 Å². The van der Waals surface area contributed by atoms with E-state index in [4.69, 9.17) is 5.11 Å². The molecule has 118 valence electrons. The number of carboxylic acid groups (broad SMARTS) is 1. The summed E-state index contributed by atoms with van der Waals surface area (Å²) in [5, 5.41) is 9.11. The van der Waals surface area contributed by atoms with Gasteiger partial charge in [0.15, 0.2) is 0 Å². The zero-order chi connectivity index (χ0) is 15.9. The smallest absolute Gasteiger partial charge is 0.330 e. The number of carbonyl (C=O) groups is 1. The third kappa shape index (κ3) is 4.21. The van der Waals surface area contributed by atoms with Crippen LogP contribution in [-0.4, -0.2) is 19.1 Å². The Morgan fingerprint density at radius 2 is 1.35 bits per heavy atom. The molecule has 3 unspecified atom stereocenters. The van der Waals surface area contributed by atoms with Crippen molar-refractivity contribution < 1.29 is 9.90 Å². The fourth-order valence-corrected chi connectivity index (χ4v) is 10.7. The molecule has 0 aromatic rings. The molecule has 0 aliphatic heterocycles. The molecule has 2 nitrogen and oxygen atoms in total. The van der Waals surface area contributed by atoms with Crippen molar-refractivity contribution in [1.29, 1.82) is 0 Å². The maximum Gasteiger partial charge on any atom is 0.330 e. The van der Waals surface area contributed by atoms with Gasteiger partial charge >= 0.3 is 5.97 Å². The molecule has 0 rings (SSSR count). The summed E-state index contributed by atoms with van der Waals surface area (Å²) >= 11 is 0. The van der Waals surface area contributed by atoms with Crippen LogP contribution in [0.25, 0.3) is 0 Å². The van der Waals surface area contributed by atoms with Crippen LogP contribution in [0.2, 0.25) is 22.7 Å². The largest absolute Gasteiger partial charge is 0.478 e. The molecule has 0 radical (unpaired) electrons. The van der Waals surface area contributed by atoms with Gasteiger partial charge in [-0.25, -0.2) is 4.79 Å². The van der Waals surface area contributed by atoms with Gasteiger partial charge in [-0.3, -0.25) is 0 Å². The summed E-state index contributed by atoms with van der Waals surface area (Å²) in [5.74, 6) is -0.773. The number of hydrogen-bond donors (Lipinski definition) is 1. The van der Waals surface area contributed by atoms with E-state index in [1.54, 1.807) is 6.92 Å². The topological polar surface area (TPSA) is 37.3 Å². The Bertz CT molecular complexity index is 309. The quantitative estimate of drug-likeness (QED) is 0.427. The predicted octanol–water partition coefficient (Wildman–Crippen LogP) is 5.87. The van der Waals surface area contributed by atoms with Crippen molar-refractivity contribution in [3.63, 3.8) is 0 Å². The van der Waals surface area contributed by atoms with Crippen LogP contribution in [0.15, 0.2) is 11.6 Å². The predicted molar refractivity (Wildman–Crippen MR) is 91.1 cm³/mol. The maximum absolute atomic E-state index is 11.1. The minimum atomic E-state index is -1.55. The lowest BCUT2D eigenvalue weighted by Crippen LogP contribution is -2.46. The van der Waals surface area contributed by atoms with Gasteiger partial charge in [-0.2, -0.15) is 0 Å². The van der Waals surface area contributed by atoms with Crippen molar-refractivity contribution in [3.8, 4) is 0 Å². The van der Waals surface area contributed by atoms with E-state index in [-0.39, 0.29) is 0 Å². The fourth-order valence-electron chi connectivity index (χ4n) is 3.62. The molecule has 0 aliphatic carbocycles. The normalized spacial score (nSPS) is 20.1. The van der Waals surface area contributed by atoms with Crippen molar-refractivity contribution in [3.05, 3.63) is 11.6 Å². The molecule has 0 aliphatic rings. The van der Waals surface area contributed by atoms with E-state index < -0.39 is 14.0 Å². The van der Waals surface area contributed by atoms with Gasteiger partial charge in [-0.15, -0.1) is 0 Å². The van der Waals surface area contributed by atoms with Gasteiger partial charge in [0, 0.05) is 5.57 Å². The SMILES string of the molecule is CCC(C)[Si](CC=C(C)C(=O)O)(C(C)CC)C(C)CC. The first kappa shape index (κ1) is 19.4. The Hall–Kier alpha value is -0.573. The van der Waals surface area contributed by atoms with Crippen LogP contribution < -0.4 is 0 Å². The molecule has 0 heterocycles. The van der Waals surface area contributed by atoms with Crippen LogP contribution in [0.1, 0.15) is 67.7 Å². The summed E-state index contributed by atoms with van der Waals surface area (Å²) in [6.07, 6.45) is 5.64. The Balaban J connectivity index is 5.61. The van der Waals surface area contributed by atoms with E-state index in [0.717, 1.165) is 22.7 Å². The molecule has 1 N–H and O–H groups in total. The highest BCUT2D eigenvalue weighted by atomic mass is 28.3. The number of carboxylic acids is 1. The van der Waals surface area contributed by atoms with Crippen LogP contribution in [-0.2, 0) is 4.79 Å². The molecule has 0 fully saturated rings. The Labute approximate surface area is 126 Å². The molecular weight excluding hydrogens is 264 g/mol. The second-order valence-corrected chi connectivity index (χ2v) is 12.0. The molecule has 0 saturated carbocycles. The van der Waals surface area contributed by atoms with Crippen LogP contribution in [0.4, 0.5) is 0 Å². The van der Waals surface area contributed by atoms with Crippen LogP contribution in [0.5, 0.6) is 0 Å². The number of allylic oxidation sites excluding steroid dienone is 1. The highest BCUT2D eigenvalue weighted by Crippen LogP contribution is 2.49. The first-order chi connectivity index (χ1) is 9.27. The first-order valence-electron chi connectivity index (χ1n) is 8.17. The number of aliphatic carboxylic acids is 1. The molecule has 0 saturated heterocycles. The summed E-state index contributed by atoms with van der Waals surface area (Å²) in [7, 11) is -1.55. The van der Waals surface area contributed by atoms with Gasteiger partial charge in [0.1, 0.15) is 0 Å². The van der Waals surface area contributed by atoms with Gasteiger partial charge < -0.3 is 5.11 Å². The van der Waals surface area contributed by atoms with Crippen molar-refractivity contribution in [2.45, 2.75) is 90.4 Å². The lowest BCUT2D eigenvalue weighted by atomic mass is 10.3. The molecule has 3 heteroatoms. The van der Waals surface area contributed by atoms with Crippen LogP contribution in [0.3, 0.4) is 0 Å². The van der Waals surface area contributed by atoms with Gasteiger partial charge in [0.2, 0.25) is 0 Å². The lowest BCUT2D eigenvalue weighted by molar-refractivity contribution is -0.132. The third-order valence-electron chi connectivity index (χ3n) is 5.69. The molecule has 3 atom stereocenters. The average Bonchev–Trinajstić information content (AvgIpc) is 2.45. The average molecular weight is 299 g/mol. The molecule has 0 amide bonds. The summed E-state index contributed by atoms with van der Waals surface area (Å²) in [5.41, 5.74) is 2.73. The molecule has 0 bridgehead atoms. The summed E-state index contributed by atoms with van der Waals surface area (Å²) in [6, 6.07) is 1.02. The molecule has 20 heavy (non-hydrogen) atoms. The molecule has 0 spiro atoms. The van der Waals surface area contributed by atoms with E-state index >= 15 is 0 Å². The number of rotatable bonds is 9. The highest BCUT2D eigenvalue weighted by molar-refractivity contribution is 6.84. The van der Waals surface area contributed by atoms with Gasteiger partial charge in [0.25, 0.3) is 0 Å². The zero-order valence-corrected chi connectivity index (χ0v) is 15.5. The van der Waals surface area contributed by atoms with Crippen LogP contribution >= 0.6 is 0 Å². The van der Waals surface area contributed by atoms with Gasteiger partial charge in [-0.05, 0) is 29.6 Å². The van der Waals surface area contributed by atoms with E-state index in [2.05, 4.69) is 41.5 Å². The molecule has 0 aromatic heterocycles. The van der Waals surface area contributed by atoms with Crippen molar-refractivity contribution in [2.75, 3.05) is 0 Å². The number of hydrogen-bond acceptors (Lipinski definition) is 1. The minimum absolute atomic E-state index is 0.511. The standard InChI is InChI=1S/C17H34O2Si/c1-8-14(5)20(15(6)9-2,16(7)10-3)12-11-13(4)17(18)19/h11,14-16H,8-10,12H2,1-7H3,(H,18,19). The molecule has 0 aromatic carbocycles. The maximum atomic E-state index is 11.1. The first-order valence-corrected chi connectivity index (χ1v) is 10.6. The Morgan fingerprint density at radius 3 is 1.60 bits per heavy atom. The minimum Gasteiger partial charge on any atom is -0.478 e. The lowest BCUT2D eigenvalue weighted by Gasteiger charge is -2.46. The van der Waals surface area contributed by atoms with E-state index in [0.29, 0.717) is 5.57 Å². The molecular formula is C17H34O2Si. The Morgan fingerprint density at radius 1 is 1.00 bits per heavy atom. The summed E-state index contributed by atoms with van der Waals surface area (Å²) in [6.45, 7) is 15.8. The van der Waals surface area contributed by atoms with Crippen molar-refractivity contribution >= 4 is 14.0 Å². The summed E-state index contributed by atoms with van der Waals surface area (Å²) < 4.78 is 0. The second kappa shape index (κ2) is 8.66. The second-order valence-electron chi connectivity index (χ2n) is 6.44. The highest BCUT2D eigenvalue weighted by Gasteiger charge is 2.44.